The highest BCUT2D eigenvalue weighted by molar-refractivity contribution is 8.13. The minimum Gasteiger partial charge on any atom is -0.495 e. The third-order valence-corrected chi connectivity index (χ3v) is 2.93. The van der Waals surface area contributed by atoms with Crippen molar-refractivity contribution in [2.24, 2.45) is 0 Å². The first kappa shape index (κ1) is 14.3. The van der Waals surface area contributed by atoms with E-state index in [9.17, 15) is 9.59 Å². The number of hydrogen-bond acceptors (Lipinski definition) is 4. The number of rotatable bonds is 5. The Morgan fingerprint density at radius 1 is 1.44 bits per heavy atom. The molecule has 0 aliphatic carbocycles. The van der Waals surface area contributed by atoms with Gasteiger partial charge in [0, 0.05) is 18.2 Å². The average molecular weight is 266 g/mol. The van der Waals surface area contributed by atoms with Gasteiger partial charge in [-0.2, -0.15) is 0 Å². The van der Waals surface area contributed by atoms with Gasteiger partial charge in [-0.05, 0) is 6.07 Å². The van der Waals surface area contributed by atoms with Crippen LogP contribution in [-0.4, -0.2) is 29.1 Å². The Morgan fingerprint density at radius 3 is 2.72 bits per heavy atom. The molecule has 0 bridgehead atoms. The van der Waals surface area contributed by atoms with E-state index in [1.807, 2.05) is 0 Å². The van der Waals surface area contributed by atoms with E-state index >= 15 is 0 Å². The van der Waals surface area contributed by atoms with E-state index in [1.165, 1.54) is 31.9 Å². The number of carboxylic acid groups (broad SMARTS) is 1. The topological polar surface area (TPSA) is 63.6 Å². The van der Waals surface area contributed by atoms with Gasteiger partial charge in [0.25, 0.3) is 0 Å². The number of methoxy groups -OCH3 is 1. The van der Waals surface area contributed by atoms with Gasteiger partial charge in [-0.1, -0.05) is 36.0 Å². The zero-order valence-corrected chi connectivity index (χ0v) is 11.0. The number of ether oxygens (including phenoxy) is 1. The normalized spacial score (nSPS) is 10.6. The van der Waals surface area contributed by atoms with E-state index in [-0.39, 0.29) is 10.7 Å². The number of carbonyl (C=O) groups is 2. The second-order valence-electron chi connectivity index (χ2n) is 3.44. The maximum atomic E-state index is 11.0. The summed E-state index contributed by atoms with van der Waals surface area (Å²) in [6, 6.07) is 4.91. The van der Waals surface area contributed by atoms with Gasteiger partial charge in [-0.3, -0.25) is 4.79 Å². The maximum Gasteiger partial charge on any atom is 0.339 e. The third-order valence-electron chi connectivity index (χ3n) is 2.16. The molecular formula is C13H14O4S. The highest BCUT2D eigenvalue weighted by atomic mass is 32.2. The lowest BCUT2D eigenvalue weighted by Crippen LogP contribution is -2.01. The molecule has 0 amide bonds. The van der Waals surface area contributed by atoms with Gasteiger partial charge in [0.15, 0.2) is 5.12 Å². The van der Waals surface area contributed by atoms with Gasteiger partial charge in [0.1, 0.15) is 11.3 Å². The van der Waals surface area contributed by atoms with Crippen molar-refractivity contribution < 1.29 is 19.4 Å². The van der Waals surface area contributed by atoms with Crippen LogP contribution in [0, 0.1) is 0 Å². The van der Waals surface area contributed by atoms with Crippen molar-refractivity contribution in [2.45, 2.75) is 6.92 Å². The summed E-state index contributed by atoms with van der Waals surface area (Å²) in [5.41, 5.74) is 0.806. The molecule has 96 valence electrons. The van der Waals surface area contributed by atoms with Crippen LogP contribution in [0.4, 0.5) is 0 Å². The maximum absolute atomic E-state index is 11.0. The van der Waals surface area contributed by atoms with Crippen LogP contribution in [0.25, 0.3) is 6.08 Å². The van der Waals surface area contributed by atoms with Gasteiger partial charge in [-0.15, -0.1) is 0 Å². The van der Waals surface area contributed by atoms with Gasteiger partial charge in [-0.25, -0.2) is 4.79 Å². The Balaban J connectivity index is 2.91. The zero-order valence-electron chi connectivity index (χ0n) is 10.2. The summed E-state index contributed by atoms with van der Waals surface area (Å²) in [5.74, 6) is -0.148. The van der Waals surface area contributed by atoms with E-state index in [0.29, 0.717) is 17.1 Å². The van der Waals surface area contributed by atoms with Crippen molar-refractivity contribution >= 4 is 28.9 Å². The summed E-state index contributed by atoms with van der Waals surface area (Å²) in [5, 5.41) is 9.06. The standard InChI is InChI=1S/C13H14O4S/c1-9(14)18-8-4-6-10-5-3-7-11(13(15)16)12(10)17-2/h3-7H,8H2,1-2H3,(H,15,16). The number of para-hydroxylation sites is 1. The molecule has 0 aromatic heterocycles. The molecule has 0 unspecified atom stereocenters. The van der Waals surface area contributed by atoms with Crippen LogP contribution < -0.4 is 4.74 Å². The van der Waals surface area contributed by atoms with Crippen molar-refractivity contribution in [2.75, 3.05) is 12.9 Å². The molecular weight excluding hydrogens is 252 g/mol. The number of thioether (sulfide) groups is 1. The first-order chi connectivity index (χ1) is 8.56. The molecule has 0 spiro atoms. The number of carboxylic acids is 1. The summed E-state index contributed by atoms with van der Waals surface area (Å²) in [6.07, 6.45) is 3.55. The summed E-state index contributed by atoms with van der Waals surface area (Å²) in [6.45, 7) is 1.50. The smallest absolute Gasteiger partial charge is 0.339 e. The predicted octanol–water partition coefficient (Wildman–Crippen LogP) is 2.69. The van der Waals surface area contributed by atoms with Crippen molar-refractivity contribution in [3.63, 3.8) is 0 Å². The van der Waals surface area contributed by atoms with Crippen LogP contribution in [0.2, 0.25) is 0 Å². The number of aromatic carboxylic acids is 1. The fraction of sp³-hybridized carbons (Fsp3) is 0.231. The van der Waals surface area contributed by atoms with E-state index in [0.717, 1.165) is 0 Å². The lowest BCUT2D eigenvalue weighted by atomic mass is 10.1. The fourth-order valence-corrected chi connectivity index (χ4v) is 1.85. The van der Waals surface area contributed by atoms with Crippen LogP contribution in [0.1, 0.15) is 22.8 Å². The first-order valence-corrected chi connectivity index (χ1v) is 6.25. The van der Waals surface area contributed by atoms with Crippen molar-refractivity contribution in [3.8, 4) is 5.75 Å². The molecule has 0 heterocycles. The molecule has 0 atom stereocenters. The summed E-state index contributed by atoms with van der Waals surface area (Å²) in [7, 11) is 1.43. The Morgan fingerprint density at radius 2 is 2.17 bits per heavy atom. The molecule has 5 heteroatoms. The average Bonchev–Trinajstić information content (AvgIpc) is 2.33. The van der Waals surface area contributed by atoms with Crippen molar-refractivity contribution in [1.82, 2.24) is 0 Å². The minimum absolute atomic E-state index is 0.0471. The molecule has 0 aliphatic heterocycles. The molecule has 0 radical (unpaired) electrons. The highest BCUT2D eigenvalue weighted by Crippen LogP contribution is 2.25. The Hall–Kier alpha value is -1.75. The molecule has 18 heavy (non-hydrogen) atoms. The Kier molecular flexibility index (Phi) is 5.45. The molecule has 1 aromatic carbocycles. The molecule has 0 fully saturated rings. The van der Waals surface area contributed by atoms with Crippen LogP contribution in [0.5, 0.6) is 5.75 Å². The van der Waals surface area contributed by atoms with E-state index in [2.05, 4.69) is 0 Å². The Labute approximate surface area is 110 Å². The fourth-order valence-electron chi connectivity index (χ4n) is 1.42. The van der Waals surface area contributed by atoms with Crippen LogP contribution >= 0.6 is 11.8 Å². The molecule has 1 N–H and O–H groups in total. The second kappa shape index (κ2) is 6.86. The molecule has 1 aromatic rings. The van der Waals surface area contributed by atoms with Gasteiger partial charge in [0.05, 0.1) is 7.11 Å². The summed E-state index contributed by atoms with van der Waals surface area (Å²) >= 11 is 1.19. The Bertz CT molecular complexity index is 480. The molecule has 0 aliphatic rings. The number of hydrogen-bond donors (Lipinski definition) is 1. The molecule has 4 nitrogen and oxygen atoms in total. The lowest BCUT2D eigenvalue weighted by Gasteiger charge is -2.07. The number of carbonyl (C=O) groups excluding carboxylic acids is 1. The van der Waals surface area contributed by atoms with Crippen LogP contribution in [0.15, 0.2) is 24.3 Å². The number of benzene rings is 1. The van der Waals surface area contributed by atoms with Crippen molar-refractivity contribution in [1.29, 1.82) is 0 Å². The van der Waals surface area contributed by atoms with Gasteiger partial charge < -0.3 is 9.84 Å². The predicted molar refractivity (Wildman–Crippen MR) is 72.1 cm³/mol. The van der Waals surface area contributed by atoms with Gasteiger partial charge in [0.2, 0.25) is 0 Å². The largest absolute Gasteiger partial charge is 0.495 e. The molecule has 0 saturated carbocycles. The molecule has 0 saturated heterocycles. The van der Waals surface area contributed by atoms with E-state index < -0.39 is 5.97 Å². The van der Waals surface area contributed by atoms with Crippen LogP contribution in [0.3, 0.4) is 0 Å². The molecule has 1 rings (SSSR count). The lowest BCUT2D eigenvalue weighted by molar-refractivity contribution is -0.109. The SMILES string of the molecule is COc1c(C=CCSC(C)=O)cccc1C(=O)O. The highest BCUT2D eigenvalue weighted by Gasteiger charge is 2.12. The van der Waals surface area contributed by atoms with E-state index in [4.69, 9.17) is 9.84 Å². The monoisotopic (exact) mass is 266 g/mol. The minimum atomic E-state index is -1.03. The van der Waals surface area contributed by atoms with Gasteiger partial charge >= 0.3 is 5.97 Å². The first-order valence-electron chi connectivity index (χ1n) is 5.26. The summed E-state index contributed by atoms with van der Waals surface area (Å²) in [4.78, 5) is 21.7. The van der Waals surface area contributed by atoms with Crippen molar-refractivity contribution in [3.05, 3.63) is 35.4 Å². The third kappa shape index (κ3) is 3.92. The van der Waals surface area contributed by atoms with E-state index in [1.54, 1.807) is 24.3 Å². The summed E-state index contributed by atoms with van der Waals surface area (Å²) < 4.78 is 5.11. The quantitative estimate of drug-likeness (QED) is 0.887. The van der Waals surface area contributed by atoms with Crippen LogP contribution in [-0.2, 0) is 4.79 Å². The zero-order chi connectivity index (χ0) is 13.5. The second-order valence-corrected chi connectivity index (χ2v) is 4.64.